The molecule has 1 nitrogen and oxygen atoms in total. The maximum Gasteiger partial charge on any atom is 0.0595 e. The zero-order chi connectivity index (χ0) is 12.3. The van der Waals surface area contributed by atoms with Gasteiger partial charge in [0, 0.05) is 17.5 Å². The number of nitrogens with one attached hydrogen (secondary N) is 1. The standard InChI is InChI=1S/C13H13Cl2NS/c1-9(16-8-11-3-2-6-17-11)10-4-5-12(14)13(15)7-10/h2-7,9,16H,8H2,1H3. The third kappa shape index (κ3) is 3.46. The molecule has 0 bridgehead atoms. The van der Waals surface area contributed by atoms with E-state index in [1.54, 1.807) is 11.3 Å². The van der Waals surface area contributed by atoms with E-state index in [1.165, 1.54) is 4.88 Å². The third-order valence-electron chi connectivity index (χ3n) is 2.61. The molecule has 0 saturated carbocycles. The topological polar surface area (TPSA) is 12.0 Å². The van der Waals surface area contributed by atoms with Gasteiger partial charge in [0.1, 0.15) is 0 Å². The van der Waals surface area contributed by atoms with E-state index in [1.807, 2.05) is 18.2 Å². The van der Waals surface area contributed by atoms with Crippen LogP contribution in [0.1, 0.15) is 23.4 Å². The molecule has 0 amide bonds. The second-order valence-corrected chi connectivity index (χ2v) is 5.70. The van der Waals surface area contributed by atoms with E-state index in [2.05, 4.69) is 29.8 Å². The Morgan fingerprint density at radius 1 is 1.24 bits per heavy atom. The fourth-order valence-electron chi connectivity index (χ4n) is 1.57. The van der Waals surface area contributed by atoms with Crippen LogP contribution in [-0.2, 0) is 6.54 Å². The van der Waals surface area contributed by atoms with E-state index in [9.17, 15) is 0 Å². The van der Waals surface area contributed by atoms with Crippen molar-refractivity contribution in [3.8, 4) is 0 Å². The van der Waals surface area contributed by atoms with Crippen LogP contribution < -0.4 is 5.32 Å². The molecule has 1 unspecified atom stereocenters. The van der Waals surface area contributed by atoms with E-state index in [4.69, 9.17) is 23.2 Å². The summed E-state index contributed by atoms with van der Waals surface area (Å²) < 4.78 is 0. The van der Waals surface area contributed by atoms with Crippen LogP contribution in [0.25, 0.3) is 0 Å². The number of benzene rings is 1. The molecule has 0 radical (unpaired) electrons. The molecule has 2 aromatic rings. The molecule has 1 aromatic heterocycles. The molecule has 0 saturated heterocycles. The highest BCUT2D eigenvalue weighted by atomic mass is 35.5. The average molecular weight is 286 g/mol. The van der Waals surface area contributed by atoms with Gasteiger partial charge >= 0.3 is 0 Å². The van der Waals surface area contributed by atoms with Gasteiger partial charge in [-0.25, -0.2) is 0 Å². The lowest BCUT2D eigenvalue weighted by Gasteiger charge is -2.14. The molecule has 0 aliphatic heterocycles. The van der Waals surface area contributed by atoms with Crippen LogP contribution in [0.3, 0.4) is 0 Å². The molecule has 1 aromatic carbocycles. The predicted octanol–water partition coefficient (Wildman–Crippen LogP) is 4.91. The fraction of sp³-hybridized carbons (Fsp3) is 0.231. The van der Waals surface area contributed by atoms with Gasteiger partial charge in [-0.3, -0.25) is 0 Å². The summed E-state index contributed by atoms with van der Waals surface area (Å²) in [5, 5.41) is 6.74. The predicted molar refractivity (Wildman–Crippen MR) is 76.0 cm³/mol. The summed E-state index contributed by atoms with van der Waals surface area (Å²) in [7, 11) is 0. The van der Waals surface area contributed by atoms with Gasteiger partial charge in [-0.05, 0) is 36.1 Å². The minimum absolute atomic E-state index is 0.256. The van der Waals surface area contributed by atoms with Gasteiger partial charge in [-0.15, -0.1) is 11.3 Å². The van der Waals surface area contributed by atoms with Gasteiger partial charge in [-0.1, -0.05) is 35.3 Å². The van der Waals surface area contributed by atoms with Gasteiger partial charge in [-0.2, -0.15) is 0 Å². The number of halogens is 2. The Morgan fingerprint density at radius 2 is 2.06 bits per heavy atom. The quantitative estimate of drug-likeness (QED) is 0.842. The molecular formula is C13H13Cl2NS. The van der Waals surface area contributed by atoms with Crippen molar-refractivity contribution < 1.29 is 0 Å². The molecule has 2 rings (SSSR count). The molecule has 1 N–H and O–H groups in total. The Balaban J connectivity index is 1.99. The summed E-state index contributed by atoms with van der Waals surface area (Å²) in [5.41, 5.74) is 1.15. The lowest BCUT2D eigenvalue weighted by atomic mass is 10.1. The lowest BCUT2D eigenvalue weighted by Crippen LogP contribution is -2.17. The van der Waals surface area contributed by atoms with Crippen LogP contribution in [-0.4, -0.2) is 0 Å². The van der Waals surface area contributed by atoms with E-state index in [0.717, 1.165) is 12.1 Å². The van der Waals surface area contributed by atoms with Crippen molar-refractivity contribution in [2.75, 3.05) is 0 Å². The summed E-state index contributed by atoms with van der Waals surface area (Å²) in [5.74, 6) is 0. The third-order valence-corrected chi connectivity index (χ3v) is 4.22. The lowest BCUT2D eigenvalue weighted by molar-refractivity contribution is 0.579. The van der Waals surface area contributed by atoms with Gasteiger partial charge in [0.05, 0.1) is 10.0 Å². The first kappa shape index (κ1) is 12.9. The SMILES string of the molecule is CC(NCc1cccs1)c1ccc(Cl)c(Cl)c1. The first-order chi connectivity index (χ1) is 8.16. The highest BCUT2D eigenvalue weighted by molar-refractivity contribution is 7.09. The Bertz CT molecular complexity index is 482. The number of hydrogen-bond acceptors (Lipinski definition) is 2. The van der Waals surface area contributed by atoms with Gasteiger partial charge in [0.2, 0.25) is 0 Å². The zero-order valence-corrected chi connectivity index (χ0v) is 11.7. The van der Waals surface area contributed by atoms with Gasteiger partial charge in [0.15, 0.2) is 0 Å². The molecule has 1 heterocycles. The fourth-order valence-corrected chi connectivity index (χ4v) is 2.53. The maximum atomic E-state index is 6.00. The minimum atomic E-state index is 0.256. The van der Waals surface area contributed by atoms with Gasteiger partial charge < -0.3 is 5.32 Å². The van der Waals surface area contributed by atoms with Crippen molar-refractivity contribution in [2.45, 2.75) is 19.5 Å². The molecule has 4 heteroatoms. The zero-order valence-electron chi connectivity index (χ0n) is 9.41. The van der Waals surface area contributed by atoms with Crippen molar-refractivity contribution in [1.82, 2.24) is 5.32 Å². The van der Waals surface area contributed by atoms with E-state index < -0.39 is 0 Å². The van der Waals surface area contributed by atoms with Crippen molar-refractivity contribution in [1.29, 1.82) is 0 Å². The molecule has 90 valence electrons. The molecule has 0 spiro atoms. The van der Waals surface area contributed by atoms with Crippen molar-refractivity contribution in [3.63, 3.8) is 0 Å². The van der Waals surface area contributed by atoms with Crippen LogP contribution in [0.4, 0.5) is 0 Å². The summed E-state index contributed by atoms with van der Waals surface area (Å²) in [4.78, 5) is 1.33. The molecule has 1 atom stereocenters. The summed E-state index contributed by atoms with van der Waals surface area (Å²) >= 11 is 13.6. The second kappa shape index (κ2) is 5.87. The first-order valence-corrected chi connectivity index (χ1v) is 7.01. The summed E-state index contributed by atoms with van der Waals surface area (Å²) in [6.45, 7) is 2.99. The Hall–Kier alpha value is -0.540. The van der Waals surface area contributed by atoms with Crippen molar-refractivity contribution in [2.24, 2.45) is 0 Å². The van der Waals surface area contributed by atoms with Crippen LogP contribution in [0, 0.1) is 0 Å². The van der Waals surface area contributed by atoms with Crippen LogP contribution >= 0.6 is 34.5 Å². The summed E-state index contributed by atoms with van der Waals surface area (Å²) in [6.07, 6.45) is 0. The second-order valence-electron chi connectivity index (χ2n) is 3.86. The van der Waals surface area contributed by atoms with Crippen LogP contribution in [0.15, 0.2) is 35.7 Å². The van der Waals surface area contributed by atoms with Crippen LogP contribution in [0.5, 0.6) is 0 Å². The monoisotopic (exact) mass is 285 g/mol. The van der Waals surface area contributed by atoms with E-state index in [-0.39, 0.29) is 6.04 Å². The number of rotatable bonds is 4. The smallest absolute Gasteiger partial charge is 0.0595 e. The normalized spacial score (nSPS) is 12.6. The Morgan fingerprint density at radius 3 is 2.71 bits per heavy atom. The van der Waals surface area contributed by atoms with E-state index >= 15 is 0 Å². The average Bonchev–Trinajstić information content (AvgIpc) is 2.82. The molecule has 0 aliphatic rings. The number of thiophene rings is 1. The van der Waals surface area contributed by atoms with E-state index in [0.29, 0.717) is 10.0 Å². The molecular weight excluding hydrogens is 273 g/mol. The highest BCUT2D eigenvalue weighted by Gasteiger charge is 2.07. The number of hydrogen-bond donors (Lipinski definition) is 1. The highest BCUT2D eigenvalue weighted by Crippen LogP contribution is 2.25. The van der Waals surface area contributed by atoms with Crippen molar-refractivity contribution >= 4 is 34.5 Å². The summed E-state index contributed by atoms with van der Waals surface area (Å²) in [6, 6.07) is 10.2. The maximum absolute atomic E-state index is 6.00. The van der Waals surface area contributed by atoms with Crippen molar-refractivity contribution in [3.05, 3.63) is 56.2 Å². The van der Waals surface area contributed by atoms with Gasteiger partial charge in [0.25, 0.3) is 0 Å². The first-order valence-electron chi connectivity index (χ1n) is 5.37. The minimum Gasteiger partial charge on any atom is -0.305 e. The van der Waals surface area contributed by atoms with Crippen LogP contribution in [0.2, 0.25) is 10.0 Å². The molecule has 0 aliphatic carbocycles. The largest absolute Gasteiger partial charge is 0.305 e. The molecule has 17 heavy (non-hydrogen) atoms. The Kier molecular flexibility index (Phi) is 4.46. The molecule has 0 fully saturated rings. The Labute approximate surface area is 115 Å².